The molecule has 29 heavy (non-hydrogen) atoms. The van der Waals surface area contributed by atoms with Gasteiger partial charge in [0.2, 0.25) is 0 Å². The molecule has 1 fully saturated rings. The fourth-order valence-electron chi connectivity index (χ4n) is 3.42. The number of sulfone groups is 1. The van der Waals surface area contributed by atoms with Gasteiger partial charge in [-0.3, -0.25) is 9.48 Å². The van der Waals surface area contributed by atoms with Crippen LogP contribution in [0.3, 0.4) is 0 Å². The zero-order chi connectivity index (χ0) is 20.8. The van der Waals surface area contributed by atoms with Crippen molar-refractivity contribution in [2.75, 3.05) is 37.3 Å². The standard InChI is InChI=1S/C19H23N5O3S2/c1-13(2)24-16(6-7-20-24)18(25)22-8-10-23(11-9-22)19-21-15-5-4-14(29(3,26)27)12-17(15)28-19/h4-7,12-13H,8-11H2,1-3H3. The lowest BCUT2D eigenvalue weighted by Gasteiger charge is -2.34. The Labute approximate surface area is 173 Å². The number of fused-ring (bicyclic) bond motifs is 1. The number of aromatic nitrogens is 3. The Hall–Kier alpha value is -2.46. The van der Waals surface area contributed by atoms with E-state index in [1.165, 1.54) is 17.6 Å². The average molecular weight is 434 g/mol. The first-order valence-electron chi connectivity index (χ1n) is 9.42. The molecular formula is C19H23N5O3S2. The smallest absolute Gasteiger partial charge is 0.272 e. The molecule has 0 radical (unpaired) electrons. The van der Waals surface area contributed by atoms with Crippen LogP contribution in [-0.4, -0.2) is 66.4 Å². The third-order valence-corrected chi connectivity index (χ3v) is 7.18. The van der Waals surface area contributed by atoms with Crippen molar-refractivity contribution in [2.45, 2.75) is 24.8 Å². The number of hydrogen-bond donors (Lipinski definition) is 0. The van der Waals surface area contributed by atoms with Gasteiger partial charge in [0.05, 0.1) is 15.1 Å². The first-order valence-corrected chi connectivity index (χ1v) is 12.1. The van der Waals surface area contributed by atoms with Crippen molar-refractivity contribution < 1.29 is 13.2 Å². The maximum absolute atomic E-state index is 12.9. The summed E-state index contributed by atoms with van der Waals surface area (Å²) in [6.45, 7) is 6.58. The second-order valence-electron chi connectivity index (χ2n) is 7.43. The highest BCUT2D eigenvalue weighted by Gasteiger charge is 2.26. The molecule has 4 rings (SSSR count). The van der Waals surface area contributed by atoms with Crippen molar-refractivity contribution >= 4 is 42.4 Å². The van der Waals surface area contributed by atoms with Gasteiger partial charge in [-0.15, -0.1) is 0 Å². The predicted molar refractivity (Wildman–Crippen MR) is 113 cm³/mol. The summed E-state index contributed by atoms with van der Waals surface area (Å²) in [4.78, 5) is 21.8. The van der Waals surface area contributed by atoms with Gasteiger partial charge in [0.1, 0.15) is 5.69 Å². The maximum Gasteiger partial charge on any atom is 0.272 e. The molecule has 3 aromatic rings. The van der Waals surface area contributed by atoms with Gasteiger partial charge in [-0.25, -0.2) is 13.4 Å². The molecule has 2 aromatic heterocycles. The van der Waals surface area contributed by atoms with Crippen LogP contribution >= 0.6 is 11.3 Å². The highest BCUT2D eigenvalue weighted by Crippen LogP contribution is 2.31. The quantitative estimate of drug-likeness (QED) is 0.628. The molecule has 0 spiro atoms. The molecule has 8 nitrogen and oxygen atoms in total. The fraction of sp³-hybridized carbons (Fsp3) is 0.421. The number of nitrogens with zero attached hydrogens (tertiary/aromatic N) is 5. The summed E-state index contributed by atoms with van der Waals surface area (Å²) in [6.07, 6.45) is 2.87. The van der Waals surface area contributed by atoms with Gasteiger partial charge in [0.15, 0.2) is 15.0 Å². The topological polar surface area (TPSA) is 88.4 Å². The number of amides is 1. The van der Waals surface area contributed by atoms with Crippen LogP contribution in [0.25, 0.3) is 10.2 Å². The van der Waals surface area contributed by atoms with Crippen LogP contribution in [-0.2, 0) is 9.84 Å². The predicted octanol–water partition coefficient (Wildman–Crippen LogP) is 2.44. The van der Waals surface area contributed by atoms with Gasteiger partial charge in [-0.1, -0.05) is 11.3 Å². The van der Waals surface area contributed by atoms with E-state index in [0.717, 1.165) is 15.3 Å². The SMILES string of the molecule is CC(C)n1nccc1C(=O)N1CCN(c2nc3ccc(S(C)(=O)=O)cc3s2)CC1. The molecular weight excluding hydrogens is 410 g/mol. The van der Waals surface area contributed by atoms with Crippen molar-refractivity contribution in [3.63, 3.8) is 0 Å². The summed E-state index contributed by atoms with van der Waals surface area (Å²) in [5, 5.41) is 5.10. The normalized spacial score (nSPS) is 15.4. The molecule has 1 aliphatic rings. The van der Waals surface area contributed by atoms with Crippen LogP contribution in [0.1, 0.15) is 30.4 Å². The van der Waals surface area contributed by atoms with Crippen LogP contribution in [0.4, 0.5) is 5.13 Å². The highest BCUT2D eigenvalue weighted by molar-refractivity contribution is 7.90. The second-order valence-corrected chi connectivity index (χ2v) is 10.5. The maximum atomic E-state index is 12.9. The molecule has 1 aromatic carbocycles. The van der Waals surface area contributed by atoms with Crippen molar-refractivity contribution in [1.82, 2.24) is 19.7 Å². The summed E-state index contributed by atoms with van der Waals surface area (Å²) in [7, 11) is -3.24. The molecule has 0 aliphatic carbocycles. The molecule has 1 saturated heterocycles. The molecule has 0 bridgehead atoms. The summed E-state index contributed by atoms with van der Waals surface area (Å²) in [5.74, 6) is -0.00190. The van der Waals surface area contributed by atoms with E-state index in [-0.39, 0.29) is 11.9 Å². The van der Waals surface area contributed by atoms with Gasteiger partial charge in [0, 0.05) is 44.7 Å². The Balaban J connectivity index is 1.48. The molecule has 0 unspecified atom stereocenters. The Kier molecular flexibility index (Phi) is 5.07. The molecule has 3 heterocycles. The zero-order valence-corrected chi connectivity index (χ0v) is 18.2. The van der Waals surface area contributed by atoms with Gasteiger partial charge in [-0.05, 0) is 38.1 Å². The van der Waals surface area contributed by atoms with Crippen molar-refractivity contribution in [3.8, 4) is 0 Å². The monoisotopic (exact) mass is 433 g/mol. The number of rotatable bonds is 4. The largest absolute Gasteiger partial charge is 0.345 e. The summed E-state index contributed by atoms with van der Waals surface area (Å²) in [6, 6.07) is 6.92. The van der Waals surface area contributed by atoms with Crippen LogP contribution in [0.5, 0.6) is 0 Å². The summed E-state index contributed by atoms with van der Waals surface area (Å²) >= 11 is 1.48. The van der Waals surface area contributed by atoms with E-state index in [1.54, 1.807) is 35.1 Å². The first-order chi connectivity index (χ1) is 13.7. The fourth-order valence-corrected chi connectivity index (χ4v) is 5.19. The summed E-state index contributed by atoms with van der Waals surface area (Å²) in [5.41, 5.74) is 1.40. The summed E-state index contributed by atoms with van der Waals surface area (Å²) < 4.78 is 26.2. The minimum absolute atomic E-state index is 0.00190. The van der Waals surface area contributed by atoms with E-state index < -0.39 is 9.84 Å². The Morgan fingerprint density at radius 3 is 2.52 bits per heavy atom. The van der Waals surface area contributed by atoms with Gasteiger partial charge < -0.3 is 9.80 Å². The molecule has 1 amide bonds. The molecule has 10 heteroatoms. The second kappa shape index (κ2) is 7.42. The molecule has 0 N–H and O–H groups in total. The molecule has 1 aliphatic heterocycles. The van der Waals surface area contributed by atoms with Crippen LogP contribution in [0, 0.1) is 0 Å². The lowest BCUT2D eigenvalue weighted by molar-refractivity contribution is 0.0732. The number of piperazine rings is 1. The van der Waals surface area contributed by atoms with Crippen LogP contribution < -0.4 is 4.90 Å². The molecule has 154 valence electrons. The number of carbonyl (C=O) groups is 1. The number of benzene rings is 1. The lowest BCUT2D eigenvalue weighted by atomic mass is 10.2. The van der Waals surface area contributed by atoms with E-state index in [9.17, 15) is 13.2 Å². The number of hydrogen-bond acceptors (Lipinski definition) is 7. The van der Waals surface area contributed by atoms with Gasteiger partial charge in [-0.2, -0.15) is 5.10 Å². The lowest BCUT2D eigenvalue weighted by Crippen LogP contribution is -2.49. The van der Waals surface area contributed by atoms with Crippen molar-refractivity contribution in [2.24, 2.45) is 0 Å². The number of anilines is 1. The highest BCUT2D eigenvalue weighted by atomic mass is 32.2. The van der Waals surface area contributed by atoms with Crippen molar-refractivity contribution in [1.29, 1.82) is 0 Å². The van der Waals surface area contributed by atoms with Crippen molar-refractivity contribution in [3.05, 3.63) is 36.2 Å². The first kappa shape index (κ1) is 19.8. The third kappa shape index (κ3) is 3.86. The molecule has 0 saturated carbocycles. The zero-order valence-electron chi connectivity index (χ0n) is 16.6. The Bertz CT molecular complexity index is 1160. The molecule has 0 atom stereocenters. The third-order valence-electron chi connectivity index (χ3n) is 4.99. The van der Waals surface area contributed by atoms with Gasteiger partial charge in [0.25, 0.3) is 5.91 Å². The minimum atomic E-state index is -3.24. The average Bonchev–Trinajstić information content (AvgIpc) is 3.33. The van der Waals surface area contributed by atoms with Gasteiger partial charge >= 0.3 is 0 Å². The van der Waals surface area contributed by atoms with E-state index in [2.05, 4.69) is 15.0 Å². The van der Waals surface area contributed by atoms with E-state index >= 15 is 0 Å². The Morgan fingerprint density at radius 2 is 1.86 bits per heavy atom. The Morgan fingerprint density at radius 1 is 1.14 bits per heavy atom. The van der Waals surface area contributed by atoms with Crippen LogP contribution in [0.2, 0.25) is 0 Å². The number of thiazole rings is 1. The van der Waals surface area contributed by atoms with E-state index in [4.69, 9.17) is 0 Å². The number of carbonyl (C=O) groups excluding carboxylic acids is 1. The van der Waals surface area contributed by atoms with Crippen LogP contribution in [0.15, 0.2) is 35.4 Å². The van der Waals surface area contributed by atoms with E-state index in [1.807, 2.05) is 18.7 Å². The van der Waals surface area contributed by atoms with E-state index in [0.29, 0.717) is 36.8 Å². The minimum Gasteiger partial charge on any atom is -0.345 e.